The van der Waals surface area contributed by atoms with Crippen molar-refractivity contribution in [3.63, 3.8) is 0 Å². The summed E-state index contributed by atoms with van der Waals surface area (Å²) in [5.41, 5.74) is 7.88. The lowest BCUT2D eigenvalue weighted by Crippen LogP contribution is -2.53. The van der Waals surface area contributed by atoms with Gasteiger partial charge in [0.2, 0.25) is 5.91 Å². The number of piperidine rings is 2. The smallest absolute Gasteiger partial charge is 0.241 e. The van der Waals surface area contributed by atoms with E-state index in [1.165, 1.54) is 5.56 Å². The van der Waals surface area contributed by atoms with E-state index in [1.54, 1.807) is 0 Å². The number of hydrogen-bond donors (Lipinski definition) is 3. The van der Waals surface area contributed by atoms with Gasteiger partial charge in [-0.3, -0.25) is 10.2 Å². The maximum atomic E-state index is 12.9. The second kappa shape index (κ2) is 8.48. The van der Waals surface area contributed by atoms with E-state index in [4.69, 9.17) is 4.74 Å². The molecule has 1 amide bonds. The Kier molecular flexibility index (Phi) is 5.84. The quantitative estimate of drug-likeness (QED) is 0.723. The molecule has 3 fully saturated rings. The van der Waals surface area contributed by atoms with Gasteiger partial charge in [0.25, 0.3) is 0 Å². The minimum absolute atomic E-state index is 0.0941. The van der Waals surface area contributed by atoms with E-state index in [0.29, 0.717) is 12.0 Å². The van der Waals surface area contributed by atoms with Crippen LogP contribution >= 0.6 is 0 Å². The first-order valence-corrected chi connectivity index (χ1v) is 9.97. The van der Waals surface area contributed by atoms with Crippen molar-refractivity contribution in [1.29, 1.82) is 0 Å². The molecule has 1 aromatic carbocycles. The predicted molar refractivity (Wildman–Crippen MR) is 101 cm³/mol. The summed E-state index contributed by atoms with van der Waals surface area (Å²) in [5.74, 6) is 0.604. The zero-order valence-electron chi connectivity index (χ0n) is 15.3. The van der Waals surface area contributed by atoms with E-state index in [-0.39, 0.29) is 18.1 Å². The first-order valence-electron chi connectivity index (χ1n) is 9.97. The molecule has 3 saturated heterocycles. The van der Waals surface area contributed by atoms with Crippen molar-refractivity contribution in [2.24, 2.45) is 5.92 Å². The number of carbonyl (C=O) groups is 1. The van der Waals surface area contributed by atoms with Crippen molar-refractivity contribution in [2.45, 2.75) is 43.9 Å². The van der Waals surface area contributed by atoms with E-state index < -0.39 is 0 Å². The van der Waals surface area contributed by atoms with Gasteiger partial charge in [0.15, 0.2) is 0 Å². The van der Waals surface area contributed by atoms with Crippen LogP contribution in [0.4, 0.5) is 0 Å². The van der Waals surface area contributed by atoms with Gasteiger partial charge in [0.05, 0.1) is 12.7 Å². The van der Waals surface area contributed by atoms with Crippen LogP contribution in [0, 0.1) is 5.92 Å². The van der Waals surface area contributed by atoms with Gasteiger partial charge in [-0.2, -0.15) is 0 Å². The number of carbonyl (C=O) groups excluding carboxylic acids is 1. The van der Waals surface area contributed by atoms with Gasteiger partial charge in [-0.15, -0.1) is 0 Å². The molecule has 0 bridgehead atoms. The van der Waals surface area contributed by atoms with Gasteiger partial charge in [-0.25, -0.2) is 5.43 Å². The van der Waals surface area contributed by atoms with Crippen LogP contribution in [-0.2, 0) is 16.0 Å². The van der Waals surface area contributed by atoms with Crippen molar-refractivity contribution >= 4 is 5.91 Å². The summed E-state index contributed by atoms with van der Waals surface area (Å²) in [6, 6.07) is 10.8. The molecule has 142 valence electrons. The Morgan fingerprint density at radius 1 is 1.12 bits per heavy atom. The summed E-state index contributed by atoms with van der Waals surface area (Å²) >= 11 is 0. The number of rotatable bonds is 5. The molecule has 26 heavy (non-hydrogen) atoms. The van der Waals surface area contributed by atoms with E-state index in [9.17, 15) is 4.79 Å². The first kappa shape index (κ1) is 17.9. The fourth-order valence-corrected chi connectivity index (χ4v) is 4.39. The van der Waals surface area contributed by atoms with Crippen molar-refractivity contribution < 1.29 is 9.53 Å². The molecule has 3 atom stereocenters. The minimum Gasteiger partial charge on any atom is -0.378 e. The molecule has 3 N–H and O–H groups in total. The number of likely N-dealkylation sites (tertiary alicyclic amines) is 1. The number of nitrogens with zero attached hydrogens (tertiary/aromatic N) is 1. The monoisotopic (exact) mass is 358 g/mol. The molecule has 6 nitrogen and oxygen atoms in total. The maximum Gasteiger partial charge on any atom is 0.241 e. The van der Waals surface area contributed by atoms with Crippen molar-refractivity contribution in [3.05, 3.63) is 35.9 Å². The average Bonchev–Trinajstić information content (AvgIpc) is 3.13. The number of ether oxygens (including phenoxy) is 1. The average molecular weight is 358 g/mol. The van der Waals surface area contributed by atoms with Crippen LogP contribution < -0.4 is 16.2 Å². The molecule has 0 aliphatic carbocycles. The number of nitrogens with one attached hydrogen (secondary N) is 3. The van der Waals surface area contributed by atoms with E-state index in [2.05, 4.69) is 40.4 Å². The van der Waals surface area contributed by atoms with Crippen LogP contribution in [0.5, 0.6) is 0 Å². The summed E-state index contributed by atoms with van der Waals surface area (Å²) in [4.78, 5) is 14.9. The summed E-state index contributed by atoms with van der Waals surface area (Å²) < 4.78 is 6.05. The summed E-state index contributed by atoms with van der Waals surface area (Å²) in [6.07, 6.45) is 4.19. The van der Waals surface area contributed by atoms with Gasteiger partial charge >= 0.3 is 0 Å². The molecule has 3 aliphatic heterocycles. The molecule has 3 heterocycles. The zero-order valence-corrected chi connectivity index (χ0v) is 15.3. The molecule has 0 aromatic heterocycles. The largest absolute Gasteiger partial charge is 0.378 e. The Balaban J connectivity index is 1.20. The van der Waals surface area contributed by atoms with E-state index in [0.717, 1.165) is 58.5 Å². The second-order valence-corrected chi connectivity index (χ2v) is 7.66. The predicted octanol–water partition coefficient (Wildman–Crippen LogP) is 0.691. The minimum atomic E-state index is -0.0941. The third-order valence-electron chi connectivity index (χ3n) is 5.99. The third kappa shape index (κ3) is 4.09. The van der Waals surface area contributed by atoms with Crippen LogP contribution in [0.2, 0.25) is 0 Å². The summed E-state index contributed by atoms with van der Waals surface area (Å²) in [7, 11) is 0. The highest BCUT2D eigenvalue weighted by molar-refractivity contribution is 5.82. The lowest BCUT2D eigenvalue weighted by atomic mass is 9.88. The van der Waals surface area contributed by atoms with Gasteiger partial charge in [0.1, 0.15) is 6.04 Å². The van der Waals surface area contributed by atoms with Gasteiger partial charge < -0.3 is 15.0 Å². The third-order valence-corrected chi connectivity index (χ3v) is 5.99. The van der Waals surface area contributed by atoms with Crippen molar-refractivity contribution in [2.75, 3.05) is 32.8 Å². The Hall–Kier alpha value is -1.47. The Labute approximate surface area is 155 Å². The number of amides is 1. The van der Waals surface area contributed by atoms with Crippen LogP contribution in [0.3, 0.4) is 0 Å². The summed E-state index contributed by atoms with van der Waals surface area (Å²) in [6.45, 7) is 4.31. The molecular weight excluding hydrogens is 328 g/mol. The molecule has 0 spiro atoms. The van der Waals surface area contributed by atoms with Gasteiger partial charge in [-0.05, 0) is 37.8 Å². The van der Waals surface area contributed by atoms with Crippen molar-refractivity contribution in [1.82, 2.24) is 21.1 Å². The fraction of sp³-hybridized carbons (Fsp3) is 0.650. The molecule has 4 rings (SSSR count). The lowest BCUT2D eigenvalue weighted by Gasteiger charge is -2.35. The molecule has 6 heteroatoms. The van der Waals surface area contributed by atoms with Crippen LogP contribution in [-0.4, -0.2) is 61.8 Å². The molecule has 0 saturated carbocycles. The van der Waals surface area contributed by atoms with Crippen LogP contribution in [0.25, 0.3) is 0 Å². The molecule has 3 aliphatic rings. The van der Waals surface area contributed by atoms with E-state index in [1.807, 2.05) is 11.0 Å². The van der Waals surface area contributed by atoms with Gasteiger partial charge in [0, 0.05) is 31.6 Å². The molecule has 3 unspecified atom stereocenters. The SMILES string of the molecule is O=C(C1NNC2CCNCC21)N1CCC(OCCc2ccccc2)CC1. The normalized spacial score (nSPS) is 29.5. The second-order valence-electron chi connectivity index (χ2n) is 7.66. The Morgan fingerprint density at radius 3 is 2.73 bits per heavy atom. The van der Waals surface area contributed by atoms with Crippen LogP contribution in [0.15, 0.2) is 30.3 Å². The van der Waals surface area contributed by atoms with Crippen LogP contribution in [0.1, 0.15) is 24.8 Å². The molecular formula is C20H30N4O2. The number of fused-ring (bicyclic) bond motifs is 1. The number of hydrogen-bond acceptors (Lipinski definition) is 5. The topological polar surface area (TPSA) is 65.6 Å². The highest BCUT2D eigenvalue weighted by atomic mass is 16.5. The highest BCUT2D eigenvalue weighted by Gasteiger charge is 2.43. The Bertz CT molecular complexity index is 589. The molecule has 0 radical (unpaired) electrons. The molecule has 1 aromatic rings. The Morgan fingerprint density at radius 2 is 1.92 bits per heavy atom. The fourth-order valence-electron chi connectivity index (χ4n) is 4.39. The first-order chi connectivity index (χ1) is 12.8. The summed E-state index contributed by atoms with van der Waals surface area (Å²) in [5, 5.41) is 3.42. The highest BCUT2D eigenvalue weighted by Crippen LogP contribution is 2.23. The van der Waals surface area contributed by atoms with Gasteiger partial charge in [-0.1, -0.05) is 30.3 Å². The number of hydrazine groups is 1. The lowest BCUT2D eigenvalue weighted by molar-refractivity contribution is -0.136. The van der Waals surface area contributed by atoms with E-state index >= 15 is 0 Å². The standard InChI is InChI=1S/C20H30N4O2/c25-20(19-17-14-21-10-6-18(17)22-23-19)24-11-7-16(8-12-24)26-13-9-15-4-2-1-3-5-15/h1-5,16-19,21-23H,6-14H2. The maximum absolute atomic E-state index is 12.9. The number of benzene rings is 1. The van der Waals surface area contributed by atoms with Crippen molar-refractivity contribution in [3.8, 4) is 0 Å². The zero-order chi connectivity index (χ0) is 17.8.